The van der Waals surface area contributed by atoms with Crippen LogP contribution in [0.1, 0.15) is 25.8 Å². The molecule has 0 amide bonds. The molecule has 5 heteroatoms. The van der Waals surface area contributed by atoms with Gasteiger partial charge >= 0.3 is 0 Å². The third-order valence-corrected chi connectivity index (χ3v) is 3.45. The summed E-state index contributed by atoms with van der Waals surface area (Å²) >= 11 is 1.67. The molecule has 1 heterocycles. The molecular weight excluding hydrogens is 246 g/mol. The Morgan fingerprint density at radius 3 is 2.83 bits per heavy atom. The molecule has 0 bridgehead atoms. The molecule has 18 heavy (non-hydrogen) atoms. The van der Waals surface area contributed by atoms with Crippen LogP contribution in [0.25, 0.3) is 11.5 Å². The standard InChI is InChI=1S/C13H17N3OS/c1-4-14-9(2)12-15-16-13(17-12)10-7-5-6-8-11(10)18-3/h5-9,14H,4H2,1-3H3. The van der Waals surface area contributed by atoms with Gasteiger partial charge in [-0.25, -0.2) is 0 Å². The lowest BCUT2D eigenvalue weighted by atomic mass is 10.2. The van der Waals surface area contributed by atoms with Crippen molar-refractivity contribution in [2.45, 2.75) is 24.8 Å². The summed E-state index contributed by atoms with van der Waals surface area (Å²) in [5, 5.41) is 11.5. The van der Waals surface area contributed by atoms with E-state index in [-0.39, 0.29) is 6.04 Å². The van der Waals surface area contributed by atoms with Gasteiger partial charge in [-0.2, -0.15) is 0 Å². The van der Waals surface area contributed by atoms with E-state index in [9.17, 15) is 0 Å². The number of aromatic nitrogens is 2. The van der Waals surface area contributed by atoms with Crippen LogP contribution in [0.15, 0.2) is 33.6 Å². The van der Waals surface area contributed by atoms with Gasteiger partial charge in [-0.3, -0.25) is 0 Å². The molecule has 1 aromatic carbocycles. The van der Waals surface area contributed by atoms with Gasteiger partial charge < -0.3 is 9.73 Å². The second kappa shape index (κ2) is 6.02. The first-order valence-corrected chi connectivity index (χ1v) is 7.19. The smallest absolute Gasteiger partial charge is 0.248 e. The number of hydrogen-bond acceptors (Lipinski definition) is 5. The van der Waals surface area contributed by atoms with Gasteiger partial charge in [0.2, 0.25) is 11.8 Å². The van der Waals surface area contributed by atoms with E-state index in [1.54, 1.807) is 11.8 Å². The summed E-state index contributed by atoms with van der Waals surface area (Å²) in [4.78, 5) is 1.14. The molecule has 0 aliphatic heterocycles. The van der Waals surface area contributed by atoms with Crippen molar-refractivity contribution in [3.05, 3.63) is 30.2 Å². The van der Waals surface area contributed by atoms with Gasteiger partial charge in [0.15, 0.2) is 0 Å². The summed E-state index contributed by atoms with van der Waals surface area (Å²) in [7, 11) is 0. The van der Waals surface area contributed by atoms with Crippen molar-refractivity contribution in [3.8, 4) is 11.5 Å². The molecule has 2 rings (SSSR count). The molecular formula is C13H17N3OS. The van der Waals surface area contributed by atoms with Crippen molar-refractivity contribution < 1.29 is 4.42 Å². The Hall–Kier alpha value is -1.33. The van der Waals surface area contributed by atoms with Crippen LogP contribution in [0.2, 0.25) is 0 Å². The highest BCUT2D eigenvalue weighted by atomic mass is 32.2. The third kappa shape index (κ3) is 2.73. The van der Waals surface area contributed by atoms with Crippen LogP contribution in [0.3, 0.4) is 0 Å². The second-order valence-electron chi connectivity index (χ2n) is 3.93. The summed E-state index contributed by atoms with van der Waals surface area (Å²) in [6, 6.07) is 8.12. The van der Waals surface area contributed by atoms with E-state index < -0.39 is 0 Å². The summed E-state index contributed by atoms with van der Waals surface area (Å²) < 4.78 is 5.73. The van der Waals surface area contributed by atoms with E-state index in [1.165, 1.54) is 0 Å². The molecule has 0 aliphatic carbocycles. The van der Waals surface area contributed by atoms with Crippen molar-refractivity contribution in [2.24, 2.45) is 0 Å². The maximum absolute atomic E-state index is 5.73. The zero-order valence-corrected chi connectivity index (χ0v) is 11.6. The topological polar surface area (TPSA) is 51.0 Å². The normalized spacial score (nSPS) is 12.6. The van der Waals surface area contributed by atoms with Crippen LogP contribution in [-0.2, 0) is 0 Å². The monoisotopic (exact) mass is 263 g/mol. The van der Waals surface area contributed by atoms with Gasteiger partial charge in [-0.1, -0.05) is 19.1 Å². The molecule has 0 aliphatic rings. The van der Waals surface area contributed by atoms with E-state index >= 15 is 0 Å². The predicted molar refractivity (Wildman–Crippen MR) is 73.6 cm³/mol. The highest BCUT2D eigenvalue weighted by molar-refractivity contribution is 7.98. The molecule has 0 saturated heterocycles. The lowest BCUT2D eigenvalue weighted by molar-refractivity contribution is 0.428. The van der Waals surface area contributed by atoms with Crippen molar-refractivity contribution >= 4 is 11.8 Å². The maximum atomic E-state index is 5.73. The summed E-state index contributed by atoms with van der Waals surface area (Å²) in [5.74, 6) is 1.21. The van der Waals surface area contributed by atoms with Crippen LogP contribution in [0, 0.1) is 0 Å². The highest BCUT2D eigenvalue weighted by Crippen LogP contribution is 2.29. The van der Waals surface area contributed by atoms with Gasteiger partial charge in [0.1, 0.15) is 0 Å². The fourth-order valence-corrected chi connectivity index (χ4v) is 2.32. The number of nitrogens with one attached hydrogen (secondary N) is 1. The lowest BCUT2D eigenvalue weighted by Crippen LogP contribution is -2.17. The fourth-order valence-electron chi connectivity index (χ4n) is 1.73. The molecule has 0 saturated carbocycles. The van der Waals surface area contributed by atoms with Crippen LogP contribution in [0.4, 0.5) is 0 Å². The van der Waals surface area contributed by atoms with Crippen molar-refractivity contribution in [1.29, 1.82) is 0 Å². The molecule has 2 aromatic rings. The maximum Gasteiger partial charge on any atom is 0.248 e. The Balaban J connectivity index is 2.29. The average Bonchev–Trinajstić information content (AvgIpc) is 2.88. The minimum Gasteiger partial charge on any atom is -0.419 e. The quantitative estimate of drug-likeness (QED) is 0.840. The number of nitrogens with zero attached hydrogens (tertiary/aromatic N) is 2. The van der Waals surface area contributed by atoms with Gasteiger partial charge in [0, 0.05) is 4.90 Å². The van der Waals surface area contributed by atoms with Gasteiger partial charge in [-0.15, -0.1) is 22.0 Å². The molecule has 1 unspecified atom stereocenters. The predicted octanol–water partition coefficient (Wildman–Crippen LogP) is 3.13. The van der Waals surface area contributed by atoms with Gasteiger partial charge in [0.05, 0.1) is 11.6 Å². The van der Waals surface area contributed by atoms with Crippen molar-refractivity contribution in [2.75, 3.05) is 12.8 Å². The Labute approximate surface area is 111 Å². The van der Waals surface area contributed by atoms with Crippen LogP contribution in [0.5, 0.6) is 0 Å². The highest BCUT2D eigenvalue weighted by Gasteiger charge is 2.15. The average molecular weight is 263 g/mol. The van der Waals surface area contributed by atoms with E-state index in [1.807, 2.05) is 31.4 Å². The molecule has 4 nitrogen and oxygen atoms in total. The summed E-state index contributed by atoms with van der Waals surface area (Å²) in [5.41, 5.74) is 0.993. The number of benzene rings is 1. The van der Waals surface area contributed by atoms with Crippen LogP contribution < -0.4 is 5.32 Å². The molecule has 1 aromatic heterocycles. The largest absolute Gasteiger partial charge is 0.419 e. The van der Waals surface area contributed by atoms with E-state index in [4.69, 9.17) is 4.42 Å². The Morgan fingerprint density at radius 1 is 1.33 bits per heavy atom. The fraction of sp³-hybridized carbons (Fsp3) is 0.385. The number of hydrogen-bond donors (Lipinski definition) is 1. The molecule has 0 spiro atoms. The van der Waals surface area contributed by atoms with Crippen molar-refractivity contribution in [1.82, 2.24) is 15.5 Å². The zero-order valence-electron chi connectivity index (χ0n) is 10.8. The van der Waals surface area contributed by atoms with Crippen LogP contribution >= 0.6 is 11.8 Å². The van der Waals surface area contributed by atoms with Gasteiger partial charge in [-0.05, 0) is 31.9 Å². The lowest BCUT2D eigenvalue weighted by Gasteiger charge is -2.06. The Morgan fingerprint density at radius 2 is 2.11 bits per heavy atom. The minimum absolute atomic E-state index is 0.0812. The zero-order chi connectivity index (χ0) is 13.0. The summed E-state index contributed by atoms with van der Waals surface area (Å²) in [6.45, 7) is 4.94. The Bertz CT molecular complexity index is 512. The number of thioether (sulfide) groups is 1. The molecule has 1 N–H and O–H groups in total. The van der Waals surface area contributed by atoms with Gasteiger partial charge in [0.25, 0.3) is 0 Å². The first-order chi connectivity index (χ1) is 8.76. The van der Waals surface area contributed by atoms with Crippen LogP contribution in [-0.4, -0.2) is 23.0 Å². The first kappa shape index (κ1) is 13.1. The second-order valence-corrected chi connectivity index (χ2v) is 4.77. The SMILES string of the molecule is CCNC(C)c1nnc(-c2ccccc2SC)o1. The molecule has 0 radical (unpaired) electrons. The molecule has 1 atom stereocenters. The van der Waals surface area contributed by atoms with E-state index in [0.717, 1.165) is 17.0 Å². The third-order valence-electron chi connectivity index (χ3n) is 2.66. The van der Waals surface area contributed by atoms with E-state index in [2.05, 4.69) is 28.5 Å². The number of rotatable bonds is 5. The van der Waals surface area contributed by atoms with Crippen molar-refractivity contribution in [3.63, 3.8) is 0 Å². The summed E-state index contributed by atoms with van der Waals surface area (Å²) in [6.07, 6.45) is 2.04. The molecule has 96 valence electrons. The first-order valence-electron chi connectivity index (χ1n) is 5.96. The minimum atomic E-state index is 0.0812. The van der Waals surface area contributed by atoms with E-state index in [0.29, 0.717) is 11.8 Å². The molecule has 0 fully saturated rings. The Kier molecular flexibility index (Phi) is 4.38.